The van der Waals surface area contributed by atoms with Crippen molar-refractivity contribution in [3.63, 3.8) is 0 Å². The van der Waals surface area contributed by atoms with E-state index in [1.165, 1.54) is 12.1 Å². The molecular formula is C14H8ClFN4. The average Bonchev–Trinajstić information content (AvgIpc) is 2.85. The molecular weight excluding hydrogens is 279 g/mol. The largest absolute Gasteiger partial charge is 0.278 e. The summed E-state index contributed by atoms with van der Waals surface area (Å²) in [5.74, 6) is 0.0725. The Bertz CT molecular complexity index is 835. The molecule has 4 nitrogen and oxygen atoms in total. The minimum atomic E-state index is -0.580. The van der Waals surface area contributed by atoms with E-state index in [0.29, 0.717) is 22.7 Å². The number of aromatic nitrogens is 3. The summed E-state index contributed by atoms with van der Waals surface area (Å²) in [6.45, 7) is 0. The summed E-state index contributed by atoms with van der Waals surface area (Å²) in [6.07, 6.45) is 1.61. The number of pyridine rings is 1. The van der Waals surface area contributed by atoms with E-state index >= 15 is 0 Å². The van der Waals surface area contributed by atoms with Crippen LogP contribution in [0.4, 0.5) is 4.39 Å². The van der Waals surface area contributed by atoms with Gasteiger partial charge in [0, 0.05) is 6.20 Å². The van der Waals surface area contributed by atoms with Crippen LogP contribution in [0.25, 0.3) is 16.9 Å². The van der Waals surface area contributed by atoms with Gasteiger partial charge < -0.3 is 0 Å². The SMILES string of the molecule is N#Cc1c(F)cccc1-n1c(CCl)nc2cccnc21. The van der Waals surface area contributed by atoms with Crippen molar-refractivity contribution in [2.24, 2.45) is 0 Å². The Morgan fingerprint density at radius 1 is 1.30 bits per heavy atom. The Kier molecular flexibility index (Phi) is 3.09. The minimum absolute atomic E-state index is 0.0520. The Morgan fingerprint density at radius 3 is 2.90 bits per heavy atom. The molecule has 0 fully saturated rings. The molecule has 2 aromatic heterocycles. The fraction of sp³-hybridized carbons (Fsp3) is 0.0714. The standard InChI is InChI=1S/C14H8ClFN4/c15-7-13-19-11-4-2-6-18-14(11)20(13)12-5-1-3-10(16)9(12)8-17/h1-6H,7H2. The van der Waals surface area contributed by atoms with Gasteiger partial charge in [-0.2, -0.15) is 5.26 Å². The van der Waals surface area contributed by atoms with Crippen LogP contribution in [0.1, 0.15) is 11.4 Å². The normalized spacial score (nSPS) is 10.7. The maximum Gasteiger partial charge on any atom is 0.164 e. The van der Waals surface area contributed by atoms with Gasteiger partial charge in [0.25, 0.3) is 0 Å². The zero-order chi connectivity index (χ0) is 14.1. The number of hydrogen-bond acceptors (Lipinski definition) is 3. The fourth-order valence-electron chi connectivity index (χ4n) is 2.11. The van der Waals surface area contributed by atoms with Crippen LogP contribution < -0.4 is 0 Å². The zero-order valence-corrected chi connectivity index (χ0v) is 11.0. The van der Waals surface area contributed by atoms with Crippen molar-refractivity contribution >= 4 is 22.8 Å². The molecule has 3 rings (SSSR count). The van der Waals surface area contributed by atoms with Gasteiger partial charge in [-0.25, -0.2) is 14.4 Å². The van der Waals surface area contributed by atoms with Crippen LogP contribution in [-0.2, 0) is 5.88 Å². The van der Waals surface area contributed by atoms with Crippen LogP contribution in [0.5, 0.6) is 0 Å². The molecule has 0 bridgehead atoms. The third kappa shape index (κ3) is 1.82. The molecule has 6 heteroatoms. The van der Waals surface area contributed by atoms with E-state index in [9.17, 15) is 4.39 Å². The van der Waals surface area contributed by atoms with Gasteiger partial charge >= 0.3 is 0 Å². The van der Waals surface area contributed by atoms with Crippen LogP contribution >= 0.6 is 11.6 Å². The van der Waals surface area contributed by atoms with E-state index in [-0.39, 0.29) is 11.4 Å². The molecule has 0 aliphatic carbocycles. The summed E-state index contributed by atoms with van der Waals surface area (Å²) in [5, 5.41) is 9.16. The van der Waals surface area contributed by atoms with Crippen molar-refractivity contribution < 1.29 is 4.39 Å². The van der Waals surface area contributed by atoms with Crippen LogP contribution in [0.3, 0.4) is 0 Å². The summed E-state index contributed by atoms with van der Waals surface area (Å²) in [4.78, 5) is 8.59. The van der Waals surface area contributed by atoms with Gasteiger partial charge in [-0.05, 0) is 24.3 Å². The predicted octanol–water partition coefficient (Wildman–Crippen LogP) is 3.17. The predicted molar refractivity (Wildman–Crippen MR) is 73.1 cm³/mol. The van der Waals surface area contributed by atoms with Gasteiger partial charge in [0.05, 0.1) is 11.6 Å². The lowest BCUT2D eigenvalue weighted by molar-refractivity contribution is 0.622. The highest BCUT2D eigenvalue weighted by molar-refractivity contribution is 6.16. The third-order valence-corrected chi connectivity index (χ3v) is 3.19. The molecule has 1 aromatic carbocycles. The molecule has 0 saturated heterocycles. The minimum Gasteiger partial charge on any atom is -0.278 e. The van der Waals surface area contributed by atoms with E-state index in [0.717, 1.165) is 0 Å². The first-order valence-corrected chi connectivity index (χ1v) is 6.37. The molecule has 0 atom stereocenters. The van der Waals surface area contributed by atoms with Crippen molar-refractivity contribution in [2.75, 3.05) is 0 Å². The van der Waals surface area contributed by atoms with Gasteiger partial charge in [-0.1, -0.05) is 6.07 Å². The Hall–Kier alpha value is -2.45. The smallest absolute Gasteiger partial charge is 0.164 e. The molecule has 0 N–H and O–H groups in total. The number of benzene rings is 1. The van der Waals surface area contributed by atoms with Gasteiger partial charge in [-0.3, -0.25) is 4.57 Å². The topological polar surface area (TPSA) is 54.5 Å². The number of nitriles is 1. The van der Waals surface area contributed by atoms with Crippen molar-refractivity contribution in [3.05, 3.63) is 53.7 Å². The van der Waals surface area contributed by atoms with Crippen LogP contribution in [0, 0.1) is 17.1 Å². The van der Waals surface area contributed by atoms with Gasteiger partial charge in [0.2, 0.25) is 0 Å². The van der Waals surface area contributed by atoms with Crippen molar-refractivity contribution in [3.8, 4) is 11.8 Å². The molecule has 0 saturated carbocycles. The monoisotopic (exact) mass is 286 g/mol. The number of hydrogen-bond donors (Lipinski definition) is 0. The molecule has 98 valence electrons. The van der Waals surface area contributed by atoms with E-state index in [1.54, 1.807) is 29.0 Å². The Morgan fingerprint density at radius 2 is 2.15 bits per heavy atom. The second kappa shape index (κ2) is 4.91. The number of fused-ring (bicyclic) bond motifs is 1. The molecule has 0 unspecified atom stereocenters. The highest BCUT2D eigenvalue weighted by Crippen LogP contribution is 2.24. The molecule has 0 aliphatic rings. The third-order valence-electron chi connectivity index (χ3n) is 2.95. The summed E-state index contributed by atoms with van der Waals surface area (Å²) >= 11 is 5.90. The van der Waals surface area contributed by atoms with Crippen LogP contribution in [-0.4, -0.2) is 14.5 Å². The molecule has 0 amide bonds. The number of halogens is 2. The lowest BCUT2D eigenvalue weighted by Crippen LogP contribution is -2.04. The molecule has 3 aromatic rings. The second-order valence-electron chi connectivity index (χ2n) is 4.09. The molecule has 0 spiro atoms. The maximum absolute atomic E-state index is 13.8. The number of rotatable bonds is 2. The fourth-order valence-corrected chi connectivity index (χ4v) is 2.29. The van der Waals surface area contributed by atoms with Gasteiger partial charge in [0.1, 0.15) is 28.8 Å². The molecule has 0 radical (unpaired) electrons. The van der Waals surface area contributed by atoms with Gasteiger partial charge in [-0.15, -0.1) is 11.6 Å². The van der Waals surface area contributed by atoms with E-state index in [2.05, 4.69) is 9.97 Å². The summed E-state index contributed by atoms with van der Waals surface area (Å²) in [6, 6.07) is 9.86. The highest BCUT2D eigenvalue weighted by Gasteiger charge is 2.17. The maximum atomic E-state index is 13.8. The summed E-state index contributed by atoms with van der Waals surface area (Å²) in [5.41, 5.74) is 1.54. The molecule has 20 heavy (non-hydrogen) atoms. The van der Waals surface area contributed by atoms with E-state index in [4.69, 9.17) is 16.9 Å². The Balaban J connectivity index is 2.41. The summed E-state index contributed by atoms with van der Waals surface area (Å²) in [7, 11) is 0. The summed E-state index contributed by atoms with van der Waals surface area (Å²) < 4.78 is 15.4. The molecule has 0 aliphatic heterocycles. The second-order valence-corrected chi connectivity index (χ2v) is 4.36. The van der Waals surface area contributed by atoms with Gasteiger partial charge in [0.15, 0.2) is 5.65 Å². The lowest BCUT2D eigenvalue weighted by atomic mass is 10.2. The quantitative estimate of drug-likeness (QED) is 0.680. The first kappa shape index (κ1) is 12.6. The van der Waals surface area contributed by atoms with Crippen molar-refractivity contribution in [1.82, 2.24) is 14.5 Å². The number of nitrogens with zero attached hydrogens (tertiary/aromatic N) is 4. The first-order valence-electron chi connectivity index (χ1n) is 5.83. The zero-order valence-electron chi connectivity index (χ0n) is 10.2. The van der Waals surface area contributed by atoms with Crippen LogP contribution in [0.2, 0.25) is 0 Å². The molecule has 2 heterocycles. The lowest BCUT2D eigenvalue weighted by Gasteiger charge is -2.09. The van der Waals surface area contributed by atoms with E-state index < -0.39 is 5.82 Å². The number of imidazole rings is 1. The average molecular weight is 287 g/mol. The van der Waals surface area contributed by atoms with Crippen LogP contribution in [0.15, 0.2) is 36.5 Å². The van der Waals surface area contributed by atoms with Crippen molar-refractivity contribution in [2.45, 2.75) is 5.88 Å². The Labute approximate surface area is 119 Å². The van der Waals surface area contributed by atoms with E-state index in [1.807, 2.05) is 6.07 Å². The highest BCUT2D eigenvalue weighted by atomic mass is 35.5. The number of alkyl halides is 1. The van der Waals surface area contributed by atoms with Crippen molar-refractivity contribution in [1.29, 1.82) is 5.26 Å². The first-order chi connectivity index (χ1) is 9.76.